The second-order valence-corrected chi connectivity index (χ2v) is 9.52. The van der Waals surface area contributed by atoms with Gasteiger partial charge in [-0.15, -0.1) is 11.8 Å². The maximum atomic E-state index is 13.2. The third-order valence-corrected chi connectivity index (χ3v) is 7.10. The number of thioether (sulfide) groups is 1. The molecule has 0 aliphatic heterocycles. The van der Waals surface area contributed by atoms with Crippen molar-refractivity contribution in [3.63, 3.8) is 0 Å². The molecule has 1 saturated carbocycles. The Morgan fingerprint density at radius 3 is 2.45 bits per heavy atom. The van der Waals surface area contributed by atoms with E-state index >= 15 is 0 Å². The Labute approximate surface area is 199 Å². The summed E-state index contributed by atoms with van der Waals surface area (Å²) in [5.41, 5.74) is 3.06. The van der Waals surface area contributed by atoms with E-state index in [0.717, 1.165) is 42.4 Å². The summed E-state index contributed by atoms with van der Waals surface area (Å²) in [4.78, 5) is 38.2. The van der Waals surface area contributed by atoms with Gasteiger partial charge in [-0.1, -0.05) is 49.2 Å². The van der Waals surface area contributed by atoms with Crippen molar-refractivity contribution in [2.45, 2.75) is 63.9 Å². The summed E-state index contributed by atoms with van der Waals surface area (Å²) in [6.07, 6.45) is 4.25. The Morgan fingerprint density at radius 2 is 1.82 bits per heavy atom. The van der Waals surface area contributed by atoms with Gasteiger partial charge in [0.15, 0.2) is 0 Å². The fourth-order valence-corrected chi connectivity index (χ4v) is 4.87. The number of hydrogen-bond acceptors (Lipinski definition) is 5. The monoisotopic (exact) mass is 469 g/mol. The number of nitrogens with one attached hydrogen (secondary N) is 1. The van der Waals surface area contributed by atoms with Gasteiger partial charge in [0.2, 0.25) is 11.8 Å². The largest absolute Gasteiger partial charge is 0.352 e. The number of nitro groups is 1. The molecular formula is C25H31N3O4S. The van der Waals surface area contributed by atoms with E-state index in [1.54, 1.807) is 24.0 Å². The van der Waals surface area contributed by atoms with Crippen LogP contribution in [0, 0.1) is 17.0 Å². The number of nitro benzene ring substituents is 1. The van der Waals surface area contributed by atoms with Crippen LogP contribution in [0.4, 0.5) is 5.69 Å². The molecule has 0 saturated heterocycles. The smallest absolute Gasteiger partial charge is 0.269 e. The topological polar surface area (TPSA) is 92.6 Å². The van der Waals surface area contributed by atoms with Gasteiger partial charge < -0.3 is 10.2 Å². The van der Waals surface area contributed by atoms with Crippen LogP contribution in [-0.4, -0.2) is 39.5 Å². The van der Waals surface area contributed by atoms with Crippen molar-refractivity contribution < 1.29 is 14.5 Å². The van der Waals surface area contributed by atoms with Crippen LogP contribution in [0.25, 0.3) is 0 Å². The number of amides is 2. The van der Waals surface area contributed by atoms with E-state index in [0.29, 0.717) is 12.3 Å². The molecule has 1 aliphatic rings. The van der Waals surface area contributed by atoms with Crippen LogP contribution >= 0.6 is 11.8 Å². The van der Waals surface area contributed by atoms with Gasteiger partial charge in [0.25, 0.3) is 5.69 Å². The lowest BCUT2D eigenvalue weighted by molar-refractivity contribution is -0.384. The zero-order chi connectivity index (χ0) is 23.8. The lowest BCUT2D eigenvalue weighted by Crippen LogP contribution is -2.50. The summed E-state index contributed by atoms with van der Waals surface area (Å²) >= 11 is 1.44. The molecule has 0 spiro atoms. The molecule has 2 aromatic rings. The van der Waals surface area contributed by atoms with E-state index in [4.69, 9.17) is 0 Å². The van der Waals surface area contributed by atoms with Crippen molar-refractivity contribution in [2.75, 3.05) is 5.75 Å². The van der Waals surface area contributed by atoms with Crippen molar-refractivity contribution in [3.05, 3.63) is 75.3 Å². The van der Waals surface area contributed by atoms with Gasteiger partial charge in [0.1, 0.15) is 6.04 Å². The quantitative estimate of drug-likeness (QED) is 0.405. The van der Waals surface area contributed by atoms with Crippen LogP contribution in [0.3, 0.4) is 0 Å². The summed E-state index contributed by atoms with van der Waals surface area (Å²) in [6, 6.07) is 13.9. The highest BCUT2D eigenvalue weighted by molar-refractivity contribution is 7.99. The van der Waals surface area contributed by atoms with Crippen LogP contribution < -0.4 is 5.32 Å². The zero-order valence-corrected chi connectivity index (χ0v) is 20.0. The standard InChI is InChI=1S/C25H31N3O4S/c1-18-7-3-4-8-21(18)15-27(19(2)25(30)26-22-9-5-6-10-22)24(29)17-33-16-20-11-13-23(14-12-20)28(31)32/h3-4,7-8,11-14,19,22H,5-6,9-10,15-17H2,1-2H3,(H,26,30). The third kappa shape index (κ3) is 7.05. The summed E-state index contributed by atoms with van der Waals surface area (Å²) in [6.45, 7) is 4.18. The van der Waals surface area contributed by atoms with Crippen molar-refractivity contribution in [1.82, 2.24) is 10.2 Å². The predicted molar refractivity (Wildman–Crippen MR) is 131 cm³/mol. The number of carbonyl (C=O) groups is 2. The molecule has 0 heterocycles. The SMILES string of the molecule is Cc1ccccc1CN(C(=O)CSCc1ccc([N+](=O)[O-])cc1)C(C)C(=O)NC1CCCC1. The second kappa shape index (κ2) is 11.8. The molecule has 176 valence electrons. The van der Waals surface area contributed by atoms with Crippen LogP contribution in [0.2, 0.25) is 0 Å². The molecule has 7 nitrogen and oxygen atoms in total. The first kappa shape index (κ1) is 24.8. The maximum absolute atomic E-state index is 13.2. The second-order valence-electron chi connectivity index (χ2n) is 8.53. The number of hydrogen-bond donors (Lipinski definition) is 1. The Balaban J connectivity index is 1.64. The van der Waals surface area contributed by atoms with Gasteiger partial charge in [-0.05, 0) is 43.4 Å². The Bertz CT molecular complexity index is 974. The highest BCUT2D eigenvalue weighted by Gasteiger charge is 2.28. The molecule has 1 N–H and O–H groups in total. The van der Waals surface area contributed by atoms with Crippen LogP contribution in [-0.2, 0) is 21.9 Å². The number of rotatable bonds is 10. The lowest BCUT2D eigenvalue weighted by Gasteiger charge is -2.30. The van der Waals surface area contributed by atoms with Gasteiger partial charge in [-0.25, -0.2) is 0 Å². The van der Waals surface area contributed by atoms with Crippen LogP contribution in [0.5, 0.6) is 0 Å². The van der Waals surface area contributed by atoms with Gasteiger partial charge in [0.05, 0.1) is 10.7 Å². The van der Waals surface area contributed by atoms with Crippen LogP contribution in [0.15, 0.2) is 48.5 Å². The molecule has 1 unspecified atom stereocenters. The predicted octanol–water partition coefficient (Wildman–Crippen LogP) is 4.61. The van der Waals surface area contributed by atoms with E-state index in [2.05, 4.69) is 5.32 Å². The molecule has 33 heavy (non-hydrogen) atoms. The summed E-state index contributed by atoms with van der Waals surface area (Å²) in [5.74, 6) is 0.581. The number of carbonyl (C=O) groups excluding carboxylic acids is 2. The van der Waals surface area contributed by atoms with Gasteiger partial charge in [-0.2, -0.15) is 0 Å². The summed E-state index contributed by atoms with van der Waals surface area (Å²) in [5, 5.41) is 13.9. The normalized spacial score (nSPS) is 14.6. The van der Waals surface area contributed by atoms with Crippen molar-refractivity contribution in [1.29, 1.82) is 0 Å². The van der Waals surface area contributed by atoms with E-state index in [9.17, 15) is 19.7 Å². The minimum atomic E-state index is -0.572. The molecule has 1 fully saturated rings. The first-order valence-corrected chi connectivity index (χ1v) is 12.5. The third-order valence-electron chi connectivity index (χ3n) is 6.11. The van der Waals surface area contributed by atoms with E-state index in [1.165, 1.54) is 23.9 Å². The van der Waals surface area contributed by atoms with Gasteiger partial charge >= 0.3 is 0 Å². The number of nitrogens with zero attached hydrogens (tertiary/aromatic N) is 2. The Morgan fingerprint density at radius 1 is 1.15 bits per heavy atom. The molecule has 1 atom stereocenters. The highest BCUT2D eigenvalue weighted by atomic mass is 32.2. The number of benzene rings is 2. The number of aryl methyl sites for hydroxylation is 1. The molecule has 1 aliphatic carbocycles. The lowest BCUT2D eigenvalue weighted by atomic mass is 10.1. The minimum absolute atomic E-state index is 0.0475. The molecule has 8 heteroatoms. The highest BCUT2D eigenvalue weighted by Crippen LogP contribution is 2.21. The minimum Gasteiger partial charge on any atom is -0.352 e. The molecule has 0 radical (unpaired) electrons. The first-order chi connectivity index (χ1) is 15.8. The van der Waals surface area contributed by atoms with Gasteiger partial charge in [0, 0.05) is 30.5 Å². The van der Waals surface area contributed by atoms with Crippen molar-refractivity contribution in [3.8, 4) is 0 Å². The first-order valence-electron chi connectivity index (χ1n) is 11.3. The van der Waals surface area contributed by atoms with Gasteiger partial charge in [-0.3, -0.25) is 19.7 Å². The molecule has 0 bridgehead atoms. The fourth-order valence-electron chi connectivity index (χ4n) is 4.00. The van der Waals surface area contributed by atoms with Crippen molar-refractivity contribution in [2.24, 2.45) is 0 Å². The summed E-state index contributed by atoms with van der Waals surface area (Å²) < 4.78 is 0. The number of non-ortho nitro benzene ring substituents is 1. The van der Waals surface area contributed by atoms with E-state index in [-0.39, 0.29) is 29.3 Å². The Kier molecular flexibility index (Phi) is 8.88. The Hall–Kier alpha value is -2.87. The maximum Gasteiger partial charge on any atom is 0.269 e. The van der Waals surface area contributed by atoms with E-state index in [1.807, 2.05) is 31.2 Å². The molecule has 0 aromatic heterocycles. The van der Waals surface area contributed by atoms with Crippen molar-refractivity contribution >= 4 is 29.3 Å². The molecular weight excluding hydrogens is 438 g/mol. The van der Waals surface area contributed by atoms with E-state index < -0.39 is 11.0 Å². The summed E-state index contributed by atoms with van der Waals surface area (Å²) in [7, 11) is 0. The van der Waals surface area contributed by atoms with Crippen LogP contribution in [0.1, 0.15) is 49.3 Å². The molecule has 3 rings (SSSR count). The average molecular weight is 470 g/mol. The molecule has 2 aromatic carbocycles. The fraction of sp³-hybridized carbons (Fsp3) is 0.440. The zero-order valence-electron chi connectivity index (χ0n) is 19.2. The molecule has 2 amide bonds. The average Bonchev–Trinajstić information content (AvgIpc) is 3.31.